The van der Waals surface area contributed by atoms with Crippen molar-refractivity contribution < 1.29 is 14.3 Å². The predicted molar refractivity (Wildman–Crippen MR) is 98.4 cm³/mol. The van der Waals surface area contributed by atoms with Crippen LogP contribution in [-0.2, 0) is 4.74 Å². The first-order valence-electron chi connectivity index (χ1n) is 9.38. The molecule has 1 spiro atoms. The first kappa shape index (κ1) is 17.9. The summed E-state index contributed by atoms with van der Waals surface area (Å²) in [4.78, 5) is 26.7. The van der Waals surface area contributed by atoms with E-state index in [0.717, 1.165) is 31.6 Å². The lowest BCUT2D eigenvalue weighted by Crippen LogP contribution is -2.66. The number of ether oxygens (including phenoxy) is 2. The highest BCUT2D eigenvalue weighted by Crippen LogP contribution is 2.38. The molecule has 7 heteroatoms. The molecule has 4 heterocycles. The zero-order valence-electron chi connectivity index (χ0n) is 15.5. The number of rotatable bonds is 5. The van der Waals surface area contributed by atoms with E-state index in [9.17, 15) is 4.79 Å². The van der Waals surface area contributed by atoms with Gasteiger partial charge in [0.05, 0.1) is 31.6 Å². The van der Waals surface area contributed by atoms with Gasteiger partial charge < -0.3 is 14.4 Å². The summed E-state index contributed by atoms with van der Waals surface area (Å²) in [6.07, 6.45) is 9.61. The average molecular weight is 368 g/mol. The average Bonchev–Trinajstić information content (AvgIpc) is 2.66. The fourth-order valence-electron chi connectivity index (χ4n) is 3.91. The smallest absolute Gasteiger partial charge is 0.254 e. The molecule has 2 aliphatic heterocycles. The highest BCUT2D eigenvalue weighted by atomic mass is 16.5. The zero-order valence-corrected chi connectivity index (χ0v) is 15.5. The zero-order chi connectivity index (χ0) is 18.7. The van der Waals surface area contributed by atoms with Crippen molar-refractivity contribution in [3.8, 4) is 5.88 Å². The van der Waals surface area contributed by atoms with Crippen LogP contribution < -0.4 is 4.74 Å². The lowest BCUT2D eigenvalue weighted by molar-refractivity contribution is -0.166. The highest BCUT2D eigenvalue weighted by molar-refractivity contribution is 5.94. The van der Waals surface area contributed by atoms with Gasteiger partial charge in [-0.05, 0) is 44.2 Å². The number of carbonyl (C=O) groups is 1. The van der Waals surface area contributed by atoms with Crippen molar-refractivity contribution in [3.63, 3.8) is 0 Å². The Morgan fingerprint density at radius 2 is 2.11 bits per heavy atom. The second-order valence-corrected chi connectivity index (χ2v) is 7.42. The molecule has 0 unspecified atom stereocenters. The molecule has 0 aromatic carbocycles. The first-order chi connectivity index (χ1) is 13.1. The topological polar surface area (TPSA) is 77.4 Å². The normalized spacial score (nSPS) is 20.9. The minimum atomic E-state index is -0.186. The van der Waals surface area contributed by atoms with Crippen molar-refractivity contribution in [1.82, 2.24) is 19.9 Å². The number of hydrogen-bond acceptors (Lipinski definition) is 6. The Kier molecular flexibility index (Phi) is 5.03. The molecule has 2 saturated heterocycles. The summed E-state index contributed by atoms with van der Waals surface area (Å²) in [6.45, 7) is 4.59. The van der Waals surface area contributed by atoms with Crippen LogP contribution in [0.2, 0.25) is 0 Å². The molecule has 2 aliphatic rings. The van der Waals surface area contributed by atoms with Gasteiger partial charge in [-0.15, -0.1) is 0 Å². The third kappa shape index (κ3) is 4.08. The monoisotopic (exact) mass is 368 g/mol. The van der Waals surface area contributed by atoms with E-state index < -0.39 is 0 Å². The second-order valence-electron chi connectivity index (χ2n) is 7.42. The van der Waals surface area contributed by atoms with E-state index in [4.69, 9.17) is 9.47 Å². The van der Waals surface area contributed by atoms with Crippen LogP contribution in [0.25, 0.3) is 0 Å². The van der Waals surface area contributed by atoms with E-state index in [0.29, 0.717) is 37.1 Å². The maximum absolute atomic E-state index is 12.5. The van der Waals surface area contributed by atoms with Crippen molar-refractivity contribution in [2.75, 3.05) is 26.3 Å². The summed E-state index contributed by atoms with van der Waals surface area (Å²) < 4.78 is 11.8. The summed E-state index contributed by atoms with van der Waals surface area (Å²) in [5.41, 5.74) is 1.35. The Hall–Kier alpha value is -2.54. The highest BCUT2D eigenvalue weighted by Gasteiger charge is 2.49. The molecule has 0 N–H and O–H groups in total. The van der Waals surface area contributed by atoms with Crippen LogP contribution in [0.5, 0.6) is 5.88 Å². The molecule has 4 rings (SSSR count). The Balaban J connectivity index is 1.26. The largest absolute Gasteiger partial charge is 0.477 e. The van der Waals surface area contributed by atoms with E-state index in [1.807, 2.05) is 11.8 Å². The summed E-state index contributed by atoms with van der Waals surface area (Å²) in [5.74, 6) is 1.17. The van der Waals surface area contributed by atoms with Crippen molar-refractivity contribution >= 4 is 5.91 Å². The molecule has 1 atom stereocenters. The van der Waals surface area contributed by atoms with Crippen molar-refractivity contribution in [1.29, 1.82) is 0 Å². The molecule has 2 aromatic rings. The molecule has 142 valence electrons. The molecular weight excluding hydrogens is 344 g/mol. The van der Waals surface area contributed by atoms with Crippen LogP contribution in [0, 0.1) is 12.8 Å². The van der Waals surface area contributed by atoms with Crippen LogP contribution in [0.1, 0.15) is 35.3 Å². The maximum atomic E-state index is 12.5. The van der Waals surface area contributed by atoms with Crippen LogP contribution >= 0.6 is 0 Å². The number of likely N-dealkylation sites (tertiary alicyclic amines) is 1. The number of hydrogen-bond donors (Lipinski definition) is 0. The molecule has 0 saturated carbocycles. The SMILES string of the molecule is Cc1cncc(OCC[C@@H]2CCOC3(C2)CN(C(=O)c2ccncc2)C3)n1. The fourth-order valence-corrected chi connectivity index (χ4v) is 3.91. The van der Waals surface area contributed by atoms with Gasteiger partial charge in [-0.25, -0.2) is 4.98 Å². The van der Waals surface area contributed by atoms with E-state index in [-0.39, 0.29) is 11.5 Å². The fraction of sp³-hybridized carbons (Fsp3) is 0.500. The molecule has 2 aromatic heterocycles. The van der Waals surface area contributed by atoms with Crippen LogP contribution in [0.15, 0.2) is 36.9 Å². The Bertz CT molecular complexity index is 793. The van der Waals surface area contributed by atoms with Gasteiger partial charge in [0.15, 0.2) is 0 Å². The minimum Gasteiger partial charge on any atom is -0.477 e. The van der Waals surface area contributed by atoms with Gasteiger partial charge in [0.2, 0.25) is 5.88 Å². The Morgan fingerprint density at radius 1 is 1.30 bits per heavy atom. The third-order valence-corrected chi connectivity index (χ3v) is 5.28. The quantitative estimate of drug-likeness (QED) is 0.806. The first-order valence-corrected chi connectivity index (χ1v) is 9.38. The number of carbonyl (C=O) groups excluding carboxylic acids is 1. The molecule has 0 bridgehead atoms. The van der Waals surface area contributed by atoms with E-state index >= 15 is 0 Å². The lowest BCUT2D eigenvalue weighted by atomic mass is 9.79. The van der Waals surface area contributed by atoms with E-state index in [1.165, 1.54) is 0 Å². The molecular formula is C20H24N4O3. The van der Waals surface area contributed by atoms with E-state index in [1.54, 1.807) is 36.9 Å². The van der Waals surface area contributed by atoms with Crippen molar-refractivity contribution in [3.05, 3.63) is 48.2 Å². The summed E-state index contributed by atoms with van der Waals surface area (Å²) in [5, 5.41) is 0. The number of aromatic nitrogens is 3. The van der Waals surface area contributed by atoms with Gasteiger partial charge in [-0.3, -0.25) is 14.8 Å². The molecule has 2 fully saturated rings. The van der Waals surface area contributed by atoms with Gasteiger partial charge in [-0.1, -0.05) is 0 Å². The van der Waals surface area contributed by atoms with E-state index in [2.05, 4.69) is 15.0 Å². The number of aryl methyl sites for hydroxylation is 1. The Morgan fingerprint density at radius 3 is 2.89 bits per heavy atom. The second kappa shape index (κ2) is 7.60. The molecule has 0 radical (unpaired) electrons. The molecule has 1 amide bonds. The van der Waals surface area contributed by atoms with Crippen LogP contribution in [-0.4, -0.2) is 57.7 Å². The summed E-state index contributed by atoms with van der Waals surface area (Å²) in [6, 6.07) is 3.51. The van der Waals surface area contributed by atoms with Gasteiger partial charge in [0.25, 0.3) is 5.91 Å². The van der Waals surface area contributed by atoms with Gasteiger partial charge in [0, 0.05) is 30.8 Å². The summed E-state index contributed by atoms with van der Waals surface area (Å²) in [7, 11) is 0. The van der Waals surface area contributed by atoms with Crippen molar-refractivity contribution in [2.24, 2.45) is 5.92 Å². The number of amides is 1. The molecule has 27 heavy (non-hydrogen) atoms. The van der Waals surface area contributed by atoms with Crippen LogP contribution in [0.4, 0.5) is 0 Å². The Labute approximate surface area is 158 Å². The van der Waals surface area contributed by atoms with Crippen LogP contribution in [0.3, 0.4) is 0 Å². The molecule has 0 aliphatic carbocycles. The minimum absolute atomic E-state index is 0.0510. The predicted octanol–water partition coefficient (Wildman–Crippen LogP) is 2.27. The third-order valence-electron chi connectivity index (χ3n) is 5.28. The van der Waals surface area contributed by atoms with Gasteiger partial charge in [-0.2, -0.15) is 0 Å². The van der Waals surface area contributed by atoms with Gasteiger partial charge in [0.1, 0.15) is 5.60 Å². The molecule has 7 nitrogen and oxygen atoms in total. The van der Waals surface area contributed by atoms with Gasteiger partial charge >= 0.3 is 0 Å². The lowest BCUT2D eigenvalue weighted by Gasteiger charge is -2.53. The number of pyridine rings is 1. The maximum Gasteiger partial charge on any atom is 0.254 e. The van der Waals surface area contributed by atoms with Crippen molar-refractivity contribution in [2.45, 2.75) is 31.8 Å². The number of nitrogens with zero attached hydrogens (tertiary/aromatic N) is 4. The summed E-state index contributed by atoms with van der Waals surface area (Å²) >= 11 is 0. The standard InChI is InChI=1S/C20H24N4O3/c1-15-11-22-12-18(23-15)26-8-4-16-5-9-27-20(10-16)13-24(14-20)19(25)17-2-6-21-7-3-17/h2-3,6-7,11-12,16H,4-5,8-10,13-14H2,1H3/t16-/m1/s1.